The van der Waals surface area contributed by atoms with Crippen molar-refractivity contribution in [2.24, 2.45) is 5.16 Å². The van der Waals surface area contributed by atoms with Crippen molar-refractivity contribution in [2.45, 2.75) is 56.3 Å². The van der Waals surface area contributed by atoms with E-state index in [2.05, 4.69) is 9.88 Å². The smallest absolute Gasteiger partial charge is 0.859 e. The molecule has 1 aliphatic carbocycles. The van der Waals surface area contributed by atoms with E-state index in [0.29, 0.717) is 45.9 Å². The van der Waals surface area contributed by atoms with Gasteiger partial charge in [-0.1, -0.05) is 72.4 Å². The molecule has 5 rings (SSSR count). The fourth-order valence-electron chi connectivity index (χ4n) is 6.18. The summed E-state index contributed by atoms with van der Waals surface area (Å²) in [6.07, 6.45) is 5.32. The van der Waals surface area contributed by atoms with Gasteiger partial charge in [0.2, 0.25) is 10.0 Å². The molecular weight excluding hydrogens is 680 g/mol. The Kier molecular flexibility index (Phi) is 14.1. The summed E-state index contributed by atoms with van der Waals surface area (Å²) in [7, 11) is -3.61. The van der Waals surface area contributed by atoms with Crippen molar-refractivity contribution in [3.8, 4) is 5.75 Å². The van der Waals surface area contributed by atoms with E-state index in [1.807, 2.05) is 0 Å². The van der Waals surface area contributed by atoms with Crippen LogP contribution in [0.5, 0.6) is 5.75 Å². The number of hydrogen-bond acceptors (Lipinski definition) is 8. The molecule has 1 fully saturated rings. The topological polar surface area (TPSA) is 170 Å². The van der Waals surface area contributed by atoms with Gasteiger partial charge in [0.25, 0.3) is 5.91 Å². The second-order valence-corrected chi connectivity index (χ2v) is 13.6. The third-order valence-electron chi connectivity index (χ3n) is 7.96. The van der Waals surface area contributed by atoms with Crippen molar-refractivity contribution in [3.63, 3.8) is 0 Å². The number of nitrogens with one attached hydrogen (secondary N) is 1. The van der Waals surface area contributed by atoms with Gasteiger partial charge in [0.05, 0.1) is 12.3 Å². The number of hydrogen-bond donors (Lipinski definition) is 1. The zero-order chi connectivity index (χ0) is 32.1. The van der Waals surface area contributed by atoms with Crippen LogP contribution >= 0.6 is 23.2 Å². The van der Waals surface area contributed by atoms with E-state index in [1.54, 1.807) is 77.9 Å². The van der Waals surface area contributed by atoms with Crippen LogP contribution in [-0.4, -0.2) is 56.4 Å². The molecule has 0 spiro atoms. The predicted molar refractivity (Wildman–Crippen MR) is 173 cm³/mol. The third-order valence-corrected chi connectivity index (χ3v) is 9.25. The minimum absolute atomic E-state index is 0. The first-order valence-corrected chi connectivity index (χ1v) is 17.0. The van der Waals surface area contributed by atoms with E-state index < -0.39 is 40.0 Å². The number of ether oxygens (including phenoxy) is 1. The number of nitrogens with zero attached hydrogens (tertiary/aromatic N) is 2. The summed E-state index contributed by atoms with van der Waals surface area (Å²) in [5, 5.41) is 18.7. The van der Waals surface area contributed by atoms with Gasteiger partial charge in [0.1, 0.15) is 12.4 Å². The molecule has 1 heterocycles. The van der Waals surface area contributed by atoms with E-state index in [1.165, 1.54) is 0 Å². The molecule has 1 saturated carbocycles. The Labute approximate surface area is 305 Å². The Morgan fingerprint density at radius 2 is 1.81 bits per heavy atom. The molecule has 0 unspecified atom stereocenters. The quantitative estimate of drug-likeness (QED) is 0.0757. The summed E-state index contributed by atoms with van der Waals surface area (Å²) < 4.78 is 32.7. The number of oxime groups is 1. The van der Waals surface area contributed by atoms with Gasteiger partial charge in [-0.05, 0) is 66.5 Å². The number of amides is 1. The van der Waals surface area contributed by atoms with Crippen LogP contribution < -0.4 is 44.1 Å². The molecule has 1 amide bonds. The van der Waals surface area contributed by atoms with Crippen LogP contribution in [0, 0.1) is 0 Å². The number of carbonyl (C=O) groups excluding carboxylic acids is 2. The van der Waals surface area contributed by atoms with Crippen molar-refractivity contribution in [2.75, 3.05) is 12.9 Å². The fraction of sp³-hybridized carbons (Fsp3) is 0.344. The third kappa shape index (κ3) is 9.27. The van der Waals surface area contributed by atoms with Crippen molar-refractivity contribution >= 4 is 51.3 Å². The molecule has 0 bridgehead atoms. The maximum absolute atomic E-state index is 14.3. The van der Waals surface area contributed by atoms with Crippen LogP contribution in [0.1, 0.15) is 64.7 Å². The molecule has 3 aromatic rings. The molecule has 1 aliphatic heterocycles. The van der Waals surface area contributed by atoms with Crippen LogP contribution in [-0.2, 0) is 31.7 Å². The van der Waals surface area contributed by atoms with Crippen molar-refractivity contribution in [1.82, 2.24) is 9.62 Å². The molecule has 15 heteroatoms. The van der Waals surface area contributed by atoms with Gasteiger partial charge in [-0.2, -0.15) is 0 Å². The first-order valence-electron chi connectivity index (χ1n) is 14.3. The summed E-state index contributed by atoms with van der Waals surface area (Å²) in [5.74, 6) is -1.59. The normalized spacial score (nSPS) is 21.1. The number of rotatable bonds is 11. The van der Waals surface area contributed by atoms with Crippen LogP contribution in [0.2, 0.25) is 10.0 Å². The minimum Gasteiger partial charge on any atom is -0.859 e. The Morgan fingerprint density at radius 1 is 1.06 bits per heavy atom. The Bertz CT molecular complexity index is 1710. The largest absolute Gasteiger partial charge is 1.00 e. The van der Waals surface area contributed by atoms with Gasteiger partial charge in [0.15, 0.2) is 0 Å². The molecule has 4 N–H and O–H groups in total. The minimum atomic E-state index is -3.61. The monoisotopic (exact) mass is 713 g/mol. The van der Waals surface area contributed by atoms with E-state index >= 15 is 0 Å². The maximum atomic E-state index is 14.3. The van der Waals surface area contributed by atoms with E-state index in [9.17, 15) is 23.1 Å². The molecular formula is C32H34Cl2N3NaO8S. The molecule has 11 nitrogen and oxygen atoms in total. The first kappa shape index (κ1) is 38.8. The number of carbonyl (C=O) groups is 1. The number of sulfonamides is 1. The van der Waals surface area contributed by atoms with E-state index in [4.69, 9.17) is 32.8 Å². The summed E-state index contributed by atoms with van der Waals surface area (Å²) in [6.45, 7) is -0.292. The fourth-order valence-corrected chi connectivity index (χ4v) is 7.52. The molecule has 0 saturated heterocycles. The van der Waals surface area contributed by atoms with Crippen molar-refractivity contribution < 1.29 is 67.7 Å². The average molecular weight is 715 g/mol. The maximum Gasteiger partial charge on any atom is 1.00 e. The van der Waals surface area contributed by atoms with Crippen LogP contribution in [0.4, 0.5) is 0 Å². The SMILES string of the molecule is CS(=O)(=O)N[C@H]1CCCC[C@@H]1N1C(=O)c2ccccc2[C@@H](/C([O-])=N\OCc2cccc(OC[C-]=O)c2)[C@@H]1c1ccc(Cl)cc1Cl.[Na+].[OH3+]. The van der Waals surface area contributed by atoms with Crippen LogP contribution in [0.25, 0.3) is 0 Å². The molecule has 4 atom stereocenters. The van der Waals surface area contributed by atoms with Gasteiger partial charge in [0, 0.05) is 39.5 Å². The van der Waals surface area contributed by atoms with Gasteiger partial charge in [-0.3, -0.25) is 4.79 Å². The summed E-state index contributed by atoms with van der Waals surface area (Å²) in [4.78, 5) is 32.0. The number of benzene rings is 3. The second kappa shape index (κ2) is 17.1. The van der Waals surface area contributed by atoms with Gasteiger partial charge < -0.3 is 29.9 Å². The zero-order valence-electron chi connectivity index (χ0n) is 25.9. The standard InChI is InChI=1S/C32H32Cl2N3O7S.Na.H2O/c1-45(41,42)36-27-11-4-5-12-28(27)37-30(25-14-13-21(33)18-26(25)34)29(23-9-2-3-10-24(23)32(37)40)31(39)35-44-19-20-7-6-8-22(17-20)43-16-15-38;;/h2-3,6-10,13-14,17-18,27-30,36H,4-5,11-12,16,19H2,1H3,(H,35,39);;1H2/q-1;+1;/t27-,28-,29+,30-;;/m0../s1. The first-order chi connectivity index (χ1) is 21.6. The van der Waals surface area contributed by atoms with Crippen molar-refractivity contribution in [1.29, 1.82) is 0 Å². The second-order valence-electron chi connectivity index (χ2n) is 11.0. The van der Waals surface area contributed by atoms with Gasteiger partial charge in [-0.15, -0.1) is 5.16 Å². The Balaban J connectivity index is 0.00000300. The molecule has 47 heavy (non-hydrogen) atoms. The Hall–Kier alpha value is -2.68. The number of fused-ring (bicyclic) bond motifs is 1. The van der Waals surface area contributed by atoms with Crippen molar-refractivity contribution in [3.05, 3.63) is 99.0 Å². The predicted octanol–water partition coefficient (Wildman–Crippen LogP) is 0.596. The van der Waals surface area contributed by atoms with E-state index in [0.717, 1.165) is 19.1 Å². The zero-order valence-corrected chi connectivity index (χ0v) is 30.2. The molecule has 0 aromatic heterocycles. The summed E-state index contributed by atoms with van der Waals surface area (Å²) in [5.41, 5.74) is 1.88. The molecule has 3 aromatic carbocycles. The molecule has 0 radical (unpaired) electrons. The molecule has 2 aliphatic rings. The van der Waals surface area contributed by atoms with Gasteiger partial charge in [-0.25, -0.2) is 19.4 Å². The average Bonchev–Trinajstić information content (AvgIpc) is 3.00. The van der Waals surface area contributed by atoms with Gasteiger partial charge >= 0.3 is 29.6 Å². The van der Waals surface area contributed by atoms with Crippen LogP contribution in [0.3, 0.4) is 0 Å². The summed E-state index contributed by atoms with van der Waals surface area (Å²) in [6, 6.07) is 16.3. The summed E-state index contributed by atoms with van der Waals surface area (Å²) >= 11 is 13.0. The Morgan fingerprint density at radius 3 is 2.53 bits per heavy atom. The van der Waals surface area contributed by atoms with Crippen LogP contribution in [0.15, 0.2) is 71.9 Å². The number of halogens is 2. The molecule has 246 valence electrons. The van der Waals surface area contributed by atoms with E-state index in [-0.39, 0.29) is 59.2 Å².